The first kappa shape index (κ1) is 58.2. The zero-order valence-corrected chi connectivity index (χ0v) is 43.5. The van der Waals surface area contributed by atoms with Crippen molar-refractivity contribution in [3.8, 4) is 11.5 Å². The molecule has 0 aromatic heterocycles. The van der Waals surface area contributed by atoms with Gasteiger partial charge < -0.3 is 29.9 Å². The fourth-order valence-corrected chi connectivity index (χ4v) is 8.90. The average Bonchev–Trinajstić information content (AvgIpc) is 3.40. The van der Waals surface area contributed by atoms with Gasteiger partial charge in [0.15, 0.2) is 0 Å². The molecule has 0 spiro atoms. The highest BCUT2D eigenvalue weighted by atomic mass is 16.5. The van der Waals surface area contributed by atoms with Crippen molar-refractivity contribution >= 4 is 23.3 Å². The number of anilines is 1. The van der Waals surface area contributed by atoms with E-state index >= 15 is 0 Å². The molecule has 6 aromatic rings. The van der Waals surface area contributed by atoms with Gasteiger partial charge in [-0.1, -0.05) is 181 Å². The minimum atomic E-state index is -0.829. The second kappa shape index (κ2) is 31.9. The Bertz CT molecular complexity index is 2400. The summed E-state index contributed by atoms with van der Waals surface area (Å²) in [5.74, 6) is -0.0433. The number of nitrogens with two attached hydrogens (primary N) is 1. The van der Waals surface area contributed by atoms with Crippen LogP contribution in [0, 0.1) is 5.41 Å². The molecule has 71 heavy (non-hydrogen) atoms. The number of quaternary nitrogens is 1. The molecule has 0 unspecified atom stereocenters. The maximum Gasteiger partial charge on any atom is 0.309 e. The van der Waals surface area contributed by atoms with Crippen molar-refractivity contribution in [2.75, 3.05) is 32.2 Å². The van der Waals surface area contributed by atoms with Gasteiger partial charge >= 0.3 is 11.9 Å². The number of carboxylic acids is 2. The van der Waals surface area contributed by atoms with Crippen molar-refractivity contribution in [3.05, 3.63) is 228 Å². The zero-order chi connectivity index (χ0) is 51.9. The fraction of sp³-hybridized carbons (Fsp3) is 0.302. The number of aliphatic carboxylic acids is 2. The van der Waals surface area contributed by atoms with Crippen LogP contribution in [0.5, 0.6) is 11.5 Å². The van der Waals surface area contributed by atoms with E-state index in [1.807, 2.05) is 88.4 Å². The quantitative estimate of drug-likeness (QED) is 0.0315. The summed E-state index contributed by atoms with van der Waals surface area (Å²) in [7, 11) is 3.33. The Morgan fingerprint density at radius 2 is 1.06 bits per heavy atom. The molecule has 0 aliphatic carbocycles. The second-order valence-electron chi connectivity index (χ2n) is 17.1. The molecule has 6 aromatic carbocycles. The highest BCUT2D eigenvalue weighted by molar-refractivity contribution is 5.68. The Labute approximate surface area is 425 Å². The maximum atomic E-state index is 11.6. The van der Waals surface area contributed by atoms with Crippen LogP contribution in [0.1, 0.15) is 88.6 Å². The molecule has 0 atom stereocenters. The first-order valence-corrected chi connectivity index (χ1v) is 25.0. The third kappa shape index (κ3) is 18.9. The van der Waals surface area contributed by atoms with Gasteiger partial charge in [0, 0.05) is 40.4 Å². The number of benzene rings is 6. The van der Waals surface area contributed by atoms with Gasteiger partial charge in [0.2, 0.25) is 0 Å². The third-order valence-electron chi connectivity index (χ3n) is 12.1. The number of ether oxygens (including phenoxy) is 2. The monoisotopic (exact) mass is 960 g/mol. The first-order valence-electron chi connectivity index (χ1n) is 25.0. The number of carbonyl (C=O) groups is 2. The van der Waals surface area contributed by atoms with E-state index < -0.39 is 11.9 Å². The van der Waals surface area contributed by atoms with E-state index in [1.54, 1.807) is 20.3 Å². The van der Waals surface area contributed by atoms with E-state index in [0.717, 1.165) is 60.7 Å². The number of hydrogen-bond donors (Lipinski definition) is 3. The number of allylic oxidation sites excluding steroid dienone is 5. The summed E-state index contributed by atoms with van der Waals surface area (Å²) in [6, 6.07) is 55.9. The highest BCUT2D eigenvalue weighted by Gasteiger charge is 2.37. The summed E-state index contributed by atoms with van der Waals surface area (Å²) in [4.78, 5) is 24.8. The van der Waals surface area contributed by atoms with Crippen LogP contribution in [-0.2, 0) is 40.7 Å². The van der Waals surface area contributed by atoms with Crippen LogP contribution in [0.25, 0.3) is 0 Å². The molecule has 376 valence electrons. The van der Waals surface area contributed by atoms with Crippen LogP contribution in [0.3, 0.4) is 0 Å². The third-order valence-corrected chi connectivity index (χ3v) is 12.1. The van der Waals surface area contributed by atoms with E-state index in [2.05, 4.69) is 152 Å². The molecule has 0 aliphatic rings. The minimum absolute atomic E-state index is 0.0211. The Hall–Kier alpha value is -7.16. The van der Waals surface area contributed by atoms with E-state index in [4.69, 9.17) is 14.6 Å². The molecule has 6 rings (SSSR count). The normalized spacial score (nSPS) is 11.1. The van der Waals surface area contributed by atoms with Crippen molar-refractivity contribution in [2.24, 2.45) is 5.41 Å². The summed E-state index contributed by atoms with van der Waals surface area (Å²) >= 11 is 0. The Morgan fingerprint density at radius 1 is 0.620 bits per heavy atom. The Kier molecular flexibility index (Phi) is 26.1. The van der Waals surface area contributed by atoms with Gasteiger partial charge in [-0.2, -0.15) is 0 Å². The number of nitrogens with zero attached hydrogens (tertiary/aromatic N) is 1. The molecule has 0 aliphatic heterocycles. The Balaban J connectivity index is 0.000000351. The second-order valence-corrected chi connectivity index (χ2v) is 17.1. The smallest absolute Gasteiger partial charge is 0.309 e. The lowest BCUT2D eigenvalue weighted by molar-refractivity contribution is -0.571. The van der Waals surface area contributed by atoms with Gasteiger partial charge in [0.25, 0.3) is 0 Å². The number of hydrogen-bond acceptors (Lipinski definition) is 5. The van der Waals surface area contributed by atoms with Crippen LogP contribution >= 0.6 is 0 Å². The molecule has 4 N–H and O–H groups in total. The van der Waals surface area contributed by atoms with Gasteiger partial charge in [-0.3, -0.25) is 9.59 Å². The number of carboxylic acid groups (broad SMARTS) is 2. The molecule has 0 heterocycles. The summed E-state index contributed by atoms with van der Waals surface area (Å²) in [6.07, 6.45) is 12.5. The van der Waals surface area contributed by atoms with E-state index in [0.29, 0.717) is 13.1 Å². The zero-order valence-electron chi connectivity index (χ0n) is 43.5. The molecule has 0 saturated carbocycles. The van der Waals surface area contributed by atoms with Gasteiger partial charge in [0.05, 0.1) is 33.6 Å². The molecule has 8 heteroatoms. The van der Waals surface area contributed by atoms with Gasteiger partial charge in [-0.05, 0) is 104 Å². The molecule has 0 radical (unpaired) electrons. The van der Waals surface area contributed by atoms with Crippen molar-refractivity contribution < 1.29 is 34.6 Å². The molecule has 0 amide bonds. The molecule has 0 bridgehead atoms. The first-order chi connectivity index (χ1) is 34.5. The lowest BCUT2D eigenvalue weighted by Gasteiger charge is -2.40. The van der Waals surface area contributed by atoms with Crippen LogP contribution in [-0.4, -0.2) is 49.5 Å². The lowest BCUT2D eigenvalue weighted by Crippen LogP contribution is -2.79. The predicted octanol–water partition coefficient (Wildman–Crippen LogP) is 13.6. The SMILES string of the molecule is C/C=C/CC(Cc1ccccc1)(Cc1ccccc1)c1cc(OC)ccc1[NH2+]CCC(=O)O.C=C/C=C(/N(CCC(=O)O)c1ccc(OC)cc1)C(C)(Cc1ccccc1)Cc1ccccc1.CC.CC. The Morgan fingerprint density at radius 3 is 1.46 bits per heavy atom. The number of methoxy groups -OCH3 is 2. The summed E-state index contributed by atoms with van der Waals surface area (Å²) in [6.45, 7) is 17.1. The van der Waals surface area contributed by atoms with E-state index in [9.17, 15) is 14.7 Å². The van der Waals surface area contributed by atoms with E-state index in [1.165, 1.54) is 27.8 Å². The van der Waals surface area contributed by atoms with Crippen LogP contribution in [0.2, 0.25) is 0 Å². The molecule has 0 fully saturated rings. The van der Waals surface area contributed by atoms with Crippen molar-refractivity contribution in [3.63, 3.8) is 0 Å². The van der Waals surface area contributed by atoms with Crippen LogP contribution in [0.4, 0.5) is 11.4 Å². The molecular formula is C63H79N2O6+. The minimum Gasteiger partial charge on any atom is -0.497 e. The van der Waals surface area contributed by atoms with Crippen molar-refractivity contribution in [2.45, 2.75) is 91.9 Å². The topological polar surface area (TPSA) is 113 Å². The van der Waals surface area contributed by atoms with Gasteiger partial charge in [-0.25, -0.2) is 0 Å². The fourth-order valence-electron chi connectivity index (χ4n) is 8.90. The summed E-state index contributed by atoms with van der Waals surface area (Å²) in [5.41, 5.74) is 8.67. The average molecular weight is 960 g/mol. The molecular weight excluding hydrogens is 881 g/mol. The van der Waals surface area contributed by atoms with Crippen molar-refractivity contribution in [1.29, 1.82) is 0 Å². The van der Waals surface area contributed by atoms with E-state index in [-0.39, 0.29) is 23.7 Å². The van der Waals surface area contributed by atoms with Crippen LogP contribution in [0.15, 0.2) is 200 Å². The highest BCUT2D eigenvalue weighted by Crippen LogP contribution is 2.42. The number of rotatable bonds is 24. The lowest BCUT2D eigenvalue weighted by atomic mass is 9.68. The maximum absolute atomic E-state index is 11.6. The largest absolute Gasteiger partial charge is 0.497 e. The summed E-state index contributed by atoms with van der Waals surface area (Å²) < 4.78 is 11.0. The predicted molar refractivity (Wildman–Crippen MR) is 295 cm³/mol. The van der Waals surface area contributed by atoms with Gasteiger partial charge in [0.1, 0.15) is 17.2 Å². The molecule has 8 nitrogen and oxygen atoms in total. The standard InChI is InChI=1S/C30H33NO3.C29H33NO3.2C2H6/c1-4-11-28(31(21-20-29(32)33)26-16-18-27(34-3)19-17-26)30(2,22-24-12-7-5-8-13-24)23-25-14-9-6-10-15-25;1-3-4-18-29(21-23-11-7-5-8-12-23,22-24-13-9-6-10-14-24)26-20-25(33-2)15-16-27(26)30-19-17-28(31)32;2*1-2/h4-19H,1,20-23H2,2-3H3,(H,32,33);3-16,20,30H,17-19,21-22H2,1-2H3,(H,31,32);2*1-2H3/p+1/b28-11+;4-3+;;. The molecule has 0 saturated heterocycles. The summed E-state index contributed by atoms with van der Waals surface area (Å²) in [5, 5.41) is 20.7. The van der Waals surface area contributed by atoms with Gasteiger partial charge in [-0.15, -0.1) is 0 Å². The van der Waals surface area contributed by atoms with Crippen LogP contribution < -0.4 is 19.7 Å². The van der Waals surface area contributed by atoms with Crippen molar-refractivity contribution in [1.82, 2.24) is 0 Å².